The van der Waals surface area contributed by atoms with Crippen molar-refractivity contribution in [1.82, 2.24) is 0 Å². The van der Waals surface area contributed by atoms with Gasteiger partial charge in [-0.3, -0.25) is 0 Å². The molecule has 0 saturated heterocycles. The summed E-state index contributed by atoms with van der Waals surface area (Å²) in [5.74, 6) is 1.73. The van der Waals surface area contributed by atoms with Gasteiger partial charge >= 0.3 is 0 Å². The highest BCUT2D eigenvalue weighted by Gasteiger charge is 2.10. The number of rotatable bonds is 7. The highest BCUT2D eigenvalue weighted by Crippen LogP contribution is 2.15. The second kappa shape index (κ2) is 9.56. The molecule has 0 atom stereocenters. The van der Waals surface area contributed by atoms with Crippen molar-refractivity contribution in [2.24, 2.45) is 0 Å². The van der Waals surface area contributed by atoms with Crippen molar-refractivity contribution >= 4 is 24.3 Å². The molecular formula is C25H26NO2+. The molecule has 0 N–H and O–H groups in total. The molecule has 0 aliphatic rings. The van der Waals surface area contributed by atoms with Crippen LogP contribution in [0.4, 0.5) is 0 Å². The molecule has 0 aliphatic carbocycles. The number of methoxy groups -OCH3 is 2. The molecule has 0 saturated carbocycles. The van der Waals surface area contributed by atoms with E-state index in [4.69, 9.17) is 9.47 Å². The maximum Gasteiger partial charge on any atom is 0.205 e. The number of aromatic nitrogens is 1. The van der Waals surface area contributed by atoms with Crippen LogP contribution >= 0.6 is 0 Å². The van der Waals surface area contributed by atoms with Gasteiger partial charge in [0.2, 0.25) is 11.4 Å². The second-order valence-electron chi connectivity index (χ2n) is 6.33. The van der Waals surface area contributed by atoms with Gasteiger partial charge < -0.3 is 9.47 Å². The van der Waals surface area contributed by atoms with E-state index in [1.165, 1.54) is 0 Å². The first-order valence-electron chi connectivity index (χ1n) is 9.40. The van der Waals surface area contributed by atoms with Gasteiger partial charge in [0, 0.05) is 24.3 Å². The van der Waals surface area contributed by atoms with Gasteiger partial charge in [0.1, 0.15) is 18.0 Å². The Hall–Kier alpha value is -3.33. The number of ether oxygens (including phenoxy) is 2. The largest absolute Gasteiger partial charge is 0.497 e. The summed E-state index contributed by atoms with van der Waals surface area (Å²) < 4.78 is 12.7. The normalized spacial score (nSPS) is 11.2. The first-order valence-corrected chi connectivity index (χ1v) is 9.40. The fraction of sp³-hybridized carbons (Fsp3) is 0.160. The van der Waals surface area contributed by atoms with Gasteiger partial charge in [0.15, 0.2) is 0 Å². The number of hydrogen-bond acceptors (Lipinski definition) is 2. The van der Waals surface area contributed by atoms with Gasteiger partial charge in [-0.05, 0) is 60.5 Å². The van der Waals surface area contributed by atoms with Crippen LogP contribution in [0.3, 0.4) is 0 Å². The smallest absolute Gasteiger partial charge is 0.205 e. The highest BCUT2D eigenvalue weighted by atomic mass is 16.5. The van der Waals surface area contributed by atoms with E-state index >= 15 is 0 Å². The average Bonchev–Trinajstić information content (AvgIpc) is 2.76. The van der Waals surface area contributed by atoms with Crippen molar-refractivity contribution in [1.29, 1.82) is 0 Å². The second-order valence-corrected chi connectivity index (χ2v) is 6.33. The minimum absolute atomic E-state index is 0.867. The lowest BCUT2D eigenvalue weighted by Crippen LogP contribution is -2.38. The van der Waals surface area contributed by atoms with Crippen LogP contribution in [-0.2, 0) is 6.54 Å². The molecule has 142 valence electrons. The van der Waals surface area contributed by atoms with E-state index in [0.29, 0.717) is 0 Å². The summed E-state index contributed by atoms with van der Waals surface area (Å²) in [5.41, 5.74) is 4.61. The number of benzene rings is 2. The standard InChI is InChI=1S/C25H26NO2/c1-4-26-22(14-8-20-10-16-24(27-2)17-11-20)6-5-7-23(26)15-9-21-12-18-25(28-3)19-13-21/h5-19H,4H2,1-3H3/q+1/b14-8+,15-9+. The third-order valence-electron chi connectivity index (χ3n) is 4.60. The fourth-order valence-corrected chi connectivity index (χ4v) is 3.02. The maximum atomic E-state index is 5.22. The van der Waals surface area contributed by atoms with E-state index in [9.17, 15) is 0 Å². The molecule has 2 aromatic carbocycles. The quantitative estimate of drug-likeness (QED) is 0.522. The fourth-order valence-electron chi connectivity index (χ4n) is 3.02. The molecule has 3 aromatic rings. The molecule has 3 rings (SSSR count). The Kier molecular flexibility index (Phi) is 6.64. The van der Waals surface area contributed by atoms with E-state index in [0.717, 1.165) is 40.6 Å². The number of nitrogens with zero attached hydrogens (tertiary/aromatic N) is 1. The van der Waals surface area contributed by atoms with Crippen LogP contribution in [0.25, 0.3) is 24.3 Å². The van der Waals surface area contributed by atoms with E-state index in [1.807, 2.05) is 24.3 Å². The Morgan fingerprint density at radius 1 is 0.643 bits per heavy atom. The van der Waals surface area contributed by atoms with Crippen molar-refractivity contribution in [3.8, 4) is 11.5 Å². The van der Waals surface area contributed by atoms with Gasteiger partial charge in [-0.15, -0.1) is 0 Å². The third kappa shape index (κ3) is 4.89. The van der Waals surface area contributed by atoms with Crippen LogP contribution in [0.15, 0.2) is 66.7 Å². The van der Waals surface area contributed by atoms with Crippen LogP contribution in [0.5, 0.6) is 11.5 Å². The third-order valence-corrected chi connectivity index (χ3v) is 4.60. The SMILES string of the molecule is CC[n+]1c(/C=C/c2ccc(OC)cc2)cccc1/C=C/c1ccc(OC)cc1. The first kappa shape index (κ1) is 19.4. The molecule has 0 radical (unpaired) electrons. The van der Waals surface area contributed by atoms with Crippen LogP contribution < -0.4 is 14.0 Å². The zero-order valence-corrected chi connectivity index (χ0v) is 16.6. The van der Waals surface area contributed by atoms with Crippen LogP contribution in [0.2, 0.25) is 0 Å². The lowest BCUT2D eigenvalue weighted by Gasteiger charge is -2.03. The van der Waals surface area contributed by atoms with Gasteiger partial charge in [-0.1, -0.05) is 24.3 Å². The molecule has 1 heterocycles. The molecular weight excluding hydrogens is 346 g/mol. The van der Waals surface area contributed by atoms with E-state index in [-0.39, 0.29) is 0 Å². The summed E-state index contributed by atoms with van der Waals surface area (Å²) in [4.78, 5) is 0. The van der Waals surface area contributed by atoms with E-state index in [2.05, 4.69) is 78.3 Å². The minimum atomic E-state index is 0.867. The Balaban J connectivity index is 1.83. The van der Waals surface area contributed by atoms with Crippen molar-refractivity contribution in [3.05, 3.63) is 89.2 Å². The topological polar surface area (TPSA) is 22.3 Å². The zero-order valence-electron chi connectivity index (χ0n) is 16.6. The summed E-state index contributed by atoms with van der Waals surface area (Å²) in [6.45, 7) is 3.06. The molecule has 0 fully saturated rings. The number of pyridine rings is 1. The summed E-state index contributed by atoms with van der Waals surface area (Å²) in [5, 5.41) is 0. The average molecular weight is 372 g/mol. The summed E-state index contributed by atoms with van der Waals surface area (Å²) in [7, 11) is 3.36. The highest BCUT2D eigenvalue weighted by molar-refractivity contribution is 5.69. The molecule has 0 bridgehead atoms. The van der Waals surface area contributed by atoms with Crippen LogP contribution in [0.1, 0.15) is 29.4 Å². The van der Waals surface area contributed by atoms with E-state index < -0.39 is 0 Å². The Morgan fingerprint density at radius 3 is 1.43 bits per heavy atom. The summed E-state index contributed by atoms with van der Waals surface area (Å²) in [6, 6.07) is 22.5. The van der Waals surface area contributed by atoms with E-state index in [1.54, 1.807) is 14.2 Å². The van der Waals surface area contributed by atoms with Crippen LogP contribution in [0, 0.1) is 0 Å². The molecule has 3 nitrogen and oxygen atoms in total. The predicted molar refractivity (Wildman–Crippen MR) is 116 cm³/mol. The van der Waals surface area contributed by atoms with Crippen molar-refractivity contribution in [3.63, 3.8) is 0 Å². The van der Waals surface area contributed by atoms with Crippen LogP contribution in [-0.4, -0.2) is 14.2 Å². The molecule has 0 spiro atoms. The molecule has 3 heteroatoms. The van der Waals surface area contributed by atoms with Gasteiger partial charge in [0.25, 0.3) is 0 Å². The zero-order chi connectivity index (χ0) is 19.8. The maximum absolute atomic E-state index is 5.22. The first-order chi connectivity index (χ1) is 13.7. The van der Waals surface area contributed by atoms with Gasteiger partial charge in [-0.2, -0.15) is 4.57 Å². The minimum Gasteiger partial charge on any atom is -0.497 e. The van der Waals surface area contributed by atoms with Gasteiger partial charge in [0.05, 0.1) is 14.2 Å². The monoisotopic (exact) mass is 372 g/mol. The van der Waals surface area contributed by atoms with Gasteiger partial charge in [-0.25, -0.2) is 0 Å². The summed E-state index contributed by atoms with van der Waals surface area (Å²) in [6.07, 6.45) is 8.54. The van der Waals surface area contributed by atoms with Crippen molar-refractivity contribution < 1.29 is 14.0 Å². The molecule has 0 unspecified atom stereocenters. The van der Waals surface area contributed by atoms with Crippen molar-refractivity contribution in [2.45, 2.75) is 13.5 Å². The Morgan fingerprint density at radius 2 is 1.07 bits per heavy atom. The Bertz CT molecular complexity index is 879. The molecule has 0 amide bonds. The predicted octanol–water partition coefficient (Wildman–Crippen LogP) is 5.35. The molecule has 1 aromatic heterocycles. The Labute approximate surface area is 167 Å². The molecule has 28 heavy (non-hydrogen) atoms. The van der Waals surface area contributed by atoms with Crippen molar-refractivity contribution in [2.75, 3.05) is 14.2 Å². The molecule has 0 aliphatic heterocycles. The number of hydrogen-bond donors (Lipinski definition) is 0. The summed E-state index contributed by atoms with van der Waals surface area (Å²) >= 11 is 0. The lowest BCUT2D eigenvalue weighted by atomic mass is 10.1. The lowest BCUT2D eigenvalue weighted by molar-refractivity contribution is -0.696.